The van der Waals surface area contributed by atoms with E-state index in [1.807, 2.05) is 36.9 Å². The molecule has 17 aromatic rings. The van der Waals surface area contributed by atoms with Crippen molar-refractivity contribution in [1.29, 1.82) is 0 Å². The zero-order valence-electron chi connectivity index (χ0n) is 56.8. The summed E-state index contributed by atoms with van der Waals surface area (Å²) in [5, 5.41) is 0. The molecule has 0 amide bonds. The van der Waals surface area contributed by atoms with Crippen LogP contribution in [0.1, 0.15) is 5.56 Å². The Bertz CT molecular complexity index is 5550. The number of pyridine rings is 4. The fraction of sp³-hybridized carbons (Fsp3) is 0.0101. The monoisotopic (exact) mass is 1310 g/mol. The minimum absolute atomic E-state index is 0.906. The third kappa shape index (κ3) is 13.1. The first kappa shape index (κ1) is 62.9. The summed E-state index contributed by atoms with van der Waals surface area (Å²) in [4.78, 5) is 19.7. The zero-order chi connectivity index (χ0) is 68.8. The van der Waals surface area contributed by atoms with Crippen molar-refractivity contribution in [3.63, 3.8) is 0 Å². The summed E-state index contributed by atoms with van der Waals surface area (Å²) >= 11 is 0. The number of nitrogens with zero attached hydrogens (tertiary/aromatic N) is 4. The Morgan fingerprint density at radius 3 is 0.854 bits per heavy atom. The van der Waals surface area contributed by atoms with Crippen LogP contribution in [0.2, 0.25) is 0 Å². The predicted octanol–water partition coefficient (Wildman–Crippen LogP) is 26.2. The molecule has 0 bridgehead atoms. The summed E-state index contributed by atoms with van der Waals surface area (Å²) < 4.78 is 0. The van der Waals surface area contributed by atoms with Gasteiger partial charge in [-0.1, -0.05) is 291 Å². The summed E-state index contributed by atoms with van der Waals surface area (Å²) in [6, 6.07) is 134. The fourth-order valence-corrected chi connectivity index (χ4v) is 14.6. The summed E-state index contributed by atoms with van der Waals surface area (Å²) in [5.41, 5.74) is 35.6. The van der Waals surface area contributed by atoms with Crippen molar-refractivity contribution in [1.82, 2.24) is 19.9 Å². The lowest BCUT2D eigenvalue weighted by atomic mass is 9.80. The molecule has 0 aliphatic heterocycles. The fourth-order valence-electron chi connectivity index (χ4n) is 14.6. The van der Waals surface area contributed by atoms with Gasteiger partial charge in [0.15, 0.2) is 0 Å². The van der Waals surface area contributed by atoms with E-state index in [0.29, 0.717) is 0 Å². The minimum atomic E-state index is 0.906. The highest BCUT2D eigenvalue weighted by atomic mass is 14.7. The van der Waals surface area contributed by atoms with E-state index in [1.54, 1.807) is 0 Å². The van der Waals surface area contributed by atoms with Gasteiger partial charge < -0.3 is 0 Å². The molecule has 0 aliphatic carbocycles. The Morgan fingerprint density at radius 1 is 0.146 bits per heavy atom. The molecule has 4 heterocycles. The highest BCUT2D eigenvalue weighted by Gasteiger charge is 2.24. The Balaban J connectivity index is 0.900. The van der Waals surface area contributed by atoms with E-state index in [2.05, 4.69) is 365 Å². The molecule has 0 atom stereocenters. The first-order chi connectivity index (χ1) is 51.0. The van der Waals surface area contributed by atoms with Crippen LogP contribution in [0.3, 0.4) is 0 Å². The molecule has 0 unspecified atom stereocenters. The van der Waals surface area contributed by atoms with E-state index >= 15 is 0 Å². The molecule has 0 saturated carbocycles. The maximum Gasteiger partial charge on any atom is 0.0708 e. The standard InChI is InChI=1S/C99H68N4/c1-67-58-84(98-86(72-40-44-74(45-41-72)96-65-78(52-56-102-96)70-26-10-4-11-27-70)34-20-35-87(98)73-42-46-75(47-43-73)97-66-79(53-57-103-97)71-28-12-5-13-29-71)62-85(59-67)99-90(88-50-48-82(94-38-14-16-54-100-94)63-92(88)80-32-18-30-76(60-80)68-22-6-2-7-23-68)36-21-37-91(99)89-51-49-83(95-39-15-17-55-101-95)64-93(89)81-33-19-31-77(61-81)69-24-8-3-9-25-69/h2-66H,1H3. The topological polar surface area (TPSA) is 51.6 Å². The van der Waals surface area contributed by atoms with Crippen LogP contribution in [-0.4, -0.2) is 19.9 Å². The second-order valence-electron chi connectivity index (χ2n) is 26.1. The molecule has 17 rings (SSSR count). The van der Waals surface area contributed by atoms with Crippen LogP contribution in [0.15, 0.2) is 395 Å². The van der Waals surface area contributed by atoms with E-state index < -0.39 is 0 Å². The van der Waals surface area contributed by atoms with Crippen LogP contribution in [0.4, 0.5) is 0 Å². The summed E-state index contributed by atoms with van der Waals surface area (Å²) in [6.45, 7) is 2.25. The van der Waals surface area contributed by atoms with Crippen molar-refractivity contribution in [2.24, 2.45) is 0 Å². The first-order valence-corrected chi connectivity index (χ1v) is 35.0. The van der Waals surface area contributed by atoms with Crippen molar-refractivity contribution < 1.29 is 0 Å². The lowest BCUT2D eigenvalue weighted by molar-refractivity contribution is 1.32. The van der Waals surface area contributed by atoms with Crippen LogP contribution < -0.4 is 0 Å². The number of benzene rings is 13. The van der Waals surface area contributed by atoms with Gasteiger partial charge in [0.1, 0.15) is 0 Å². The lowest BCUT2D eigenvalue weighted by Crippen LogP contribution is -1.97. The van der Waals surface area contributed by atoms with Gasteiger partial charge in [-0.2, -0.15) is 0 Å². The Morgan fingerprint density at radius 2 is 0.456 bits per heavy atom. The highest BCUT2D eigenvalue weighted by Crippen LogP contribution is 2.50. The van der Waals surface area contributed by atoms with Crippen molar-refractivity contribution in [3.8, 4) is 179 Å². The van der Waals surface area contributed by atoms with Crippen molar-refractivity contribution in [2.75, 3.05) is 0 Å². The van der Waals surface area contributed by atoms with Crippen LogP contribution in [-0.2, 0) is 0 Å². The normalized spacial score (nSPS) is 11.2. The van der Waals surface area contributed by atoms with Crippen molar-refractivity contribution in [2.45, 2.75) is 6.92 Å². The molecule has 4 aromatic heterocycles. The van der Waals surface area contributed by atoms with E-state index in [-0.39, 0.29) is 0 Å². The summed E-state index contributed by atoms with van der Waals surface area (Å²) in [5.74, 6) is 0. The number of hydrogen-bond donors (Lipinski definition) is 0. The molecular formula is C99H68N4. The van der Waals surface area contributed by atoms with Crippen LogP contribution in [0.5, 0.6) is 0 Å². The molecule has 0 saturated heterocycles. The Kier molecular flexibility index (Phi) is 17.3. The van der Waals surface area contributed by atoms with Gasteiger partial charge in [0.2, 0.25) is 0 Å². The van der Waals surface area contributed by atoms with E-state index in [9.17, 15) is 0 Å². The van der Waals surface area contributed by atoms with Crippen molar-refractivity contribution in [3.05, 3.63) is 400 Å². The van der Waals surface area contributed by atoms with Gasteiger partial charge in [0.25, 0.3) is 0 Å². The maximum atomic E-state index is 4.92. The lowest BCUT2D eigenvalue weighted by Gasteiger charge is -2.23. The second-order valence-corrected chi connectivity index (χ2v) is 26.1. The van der Waals surface area contributed by atoms with Gasteiger partial charge in [-0.3, -0.25) is 19.9 Å². The number of rotatable bonds is 16. The van der Waals surface area contributed by atoms with Gasteiger partial charge in [0.05, 0.1) is 22.8 Å². The van der Waals surface area contributed by atoms with Gasteiger partial charge >= 0.3 is 0 Å². The van der Waals surface area contributed by atoms with Crippen LogP contribution in [0, 0.1) is 6.92 Å². The Hall–Kier alpha value is -13.5. The van der Waals surface area contributed by atoms with E-state index in [4.69, 9.17) is 19.9 Å². The molecule has 0 fully saturated rings. The van der Waals surface area contributed by atoms with Gasteiger partial charge in [-0.25, -0.2) is 0 Å². The van der Waals surface area contributed by atoms with Crippen LogP contribution >= 0.6 is 0 Å². The Labute approximate surface area is 602 Å². The molecule has 0 N–H and O–H groups in total. The number of aryl methyl sites for hydroxylation is 1. The third-order valence-electron chi connectivity index (χ3n) is 19.6. The predicted molar refractivity (Wildman–Crippen MR) is 429 cm³/mol. The summed E-state index contributed by atoms with van der Waals surface area (Å²) in [6.07, 6.45) is 7.58. The van der Waals surface area contributed by atoms with Gasteiger partial charge in [0, 0.05) is 47.0 Å². The first-order valence-electron chi connectivity index (χ1n) is 35.0. The molecule has 0 radical (unpaired) electrons. The SMILES string of the molecule is Cc1cc(-c2c(-c3ccc(-c4cc(-c5ccccc5)ccn4)cc3)cccc2-c2ccc(-c3cc(-c4ccccc4)ccn3)cc2)cc(-c2c(-c3ccc(-c4ccccn4)cc3-c3cccc(-c4ccccc4)c3)cccc2-c2ccc(-c3ccccn3)cc2-c2cccc(-c3ccccc3)c2)c1. The highest BCUT2D eigenvalue weighted by molar-refractivity contribution is 6.04. The molecule has 0 spiro atoms. The smallest absolute Gasteiger partial charge is 0.0708 e. The molecule has 484 valence electrons. The number of aromatic nitrogens is 4. The van der Waals surface area contributed by atoms with E-state index in [0.717, 1.165) is 184 Å². The second kappa shape index (κ2) is 28.4. The largest absolute Gasteiger partial charge is 0.256 e. The van der Waals surface area contributed by atoms with Gasteiger partial charge in [-0.05, 0) is 225 Å². The third-order valence-corrected chi connectivity index (χ3v) is 19.6. The molecular weight excluding hydrogens is 1250 g/mol. The molecule has 4 nitrogen and oxygen atoms in total. The quantitative estimate of drug-likeness (QED) is 0.0967. The molecule has 0 aliphatic rings. The molecule has 103 heavy (non-hydrogen) atoms. The summed E-state index contributed by atoms with van der Waals surface area (Å²) in [7, 11) is 0. The molecule has 13 aromatic carbocycles. The number of hydrogen-bond acceptors (Lipinski definition) is 4. The van der Waals surface area contributed by atoms with Crippen molar-refractivity contribution >= 4 is 0 Å². The minimum Gasteiger partial charge on any atom is -0.256 e. The zero-order valence-corrected chi connectivity index (χ0v) is 56.8. The molecule has 4 heteroatoms. The van der Waals surface area contributed by atoms with E-state index in [1.165, 1.54) is 0 Å². The van der Waals surface area contributed by atoms with Gasteiger partial charge in [-0.15, -0.1) is 0 Å². The average Bonchev–Trinajstić information content (AvgIpc) is 0.746. The van der Waals surface area contributed by atoms with Crippen LogP contribution in [0.25, 0.3) is 179 Å². The average molecular weight is 1310 g/mol. The maximum absolute atomic E-state index is 4.92.